The molecule has 4 heteroatoms. The molecule has 2 N–H and O–H groups in total. The fourth-order valence-electron chi connectivity index (χ4n) is 2.10. The Morgan fingerprint density at radius 2 is 1.88 bits per heavy atom. The molecule has 0 aromatic heterocycles. The number of carbonyl (C=O) groups is 1. The summed E-state index contributed by atoms with van der Waals surface area (Å²) < 4.78 is 5.05. The van der Waals surface area contributed by atoms with E-state index >= 15 is 0 Å². The molecular weight excluding hydrogens is 216 g/mol. The van der Waals surface area contributed by atoms with Gasteiger partial charge in [-0.05, 0) is 37.1 Å². The van der Waals surface area contributed by atoms with Crippen LogP contribution in [0.4, 0.5) is 10.5 Å². The number of benzene rings is 1. The fourth-order valence-corrected chi connectivity index (χ4v) is 2.10. The molecule has 1 aromatic rings. The minimum atomic E-state index is -0.123. The van der Waals surface area contributed by atoms with Gasteiger partial charge < -0.3 is 15.4 Å². The summed E-state index contributed by atoms with van der Waals surface area (Å²) in [6.07, 6.45) is 4.62. The predicted molar refractivity (Wildman–Crippen MR) is 67.4 cm³/mol. The summed E-state index contributed by atoms with van der Waals surface area (Å²) in [6, 6.07) is 7.52. The first-order chi connectivity index (χ1) is 8.28. The van der Waals surface area contributed by atoms with Crippen LogP contribution >= 0.6 is 0 Å². The van der Waals surface area contributed by atoms with Crippen LogP contribution in [0.15, 0.2) is 24.3 Å². The van der Waals surface area contributed by atoms with Gasteiger partial charge in [-0.25, -0.2) is 4.79 Å². The Morgan fingerprint density at radius 3 is 2.47 bits per heavy atom. The molecule has 0 saturated heterocycles. The Bertz CT molecular complexity index is 370. The molecule has 1 aliphatic rings. The highest BCUT2D eigenvalue weighted by Crippen LogP contribution is 2.18. The Morgan fingerprint density at radius 1 is 1.24 bits per heavy atom. The Balaban J connectivity index is 1.84. The van der Waals surface area contributed by atoms with Crippen molar-refractivity contribution in [2.45, 2.75) is 31.7 Å². The quantitative estimate of drug-likeness (QED) is 0.844. The molecule has 1 aromatic carbocycles. The maximum Gasteiger partial charge on any atom is 0.319 e. The molecule has 0 aliphatic heterocycles. The van der Waals surface area contributed by atoms with Gasteiger partial charge in [-0.1, -0.05) is 12.8 Å². The van der Waals surface area contributed by atoms with Gasteiger partial charge in [0.2, 0.25) is 0 Å². The van der Waals surface area contributed by atoms with Crippen molar-refractivity contribution in [3.63, 3.8) is 0 Å². The summed E-state index contributed by atoms with van der Waals surface area (Å²) in [5.41, 5.74) is 0.779. The van der Waals surface area contributed by atoms with Gasteiger partial charge in [-0.15, -0.1) is 0 Å². The smallest absolute Gasteiger partial charge is 0.319 e. The monoisotopic (exact) mass is 234 g/mol. The summed E-state index contributed by atoms with van der Waals surface area (Å²) in [7, 11) is 1.62. The molecule has 1 fully saturated rings. The minimum Gasteiger partial charge on any atom is -0.497 e. The third-order valence-corrected chi connectivity index (χ3v) is 3.04. The van der Waals surface area contributed by atoms with Crippen molar-refractivity contribution in [1.82, 2.24) is 5.32 Å². The molecule has 1 aliphatic carbocycles. The molecule has 2 rings (SSSR count). The summed E-state index contributed by atoms with van der Waals surface area (Å²) >= 11 is 0. The van der Waals surface area contributed by atoms with Crippen LogP contribution in [0.5, 0.6) is 5.75 Å². The number of carbonyl (C=O) groups excluding carboxylic acids is 1. The maximum atomic E-state index is 11.7. The van der Waals surface area contributed by atoms with Crippen LogP contribution in [0.1, 0.15) is 25.7 Å². The third kappa shape index (κ3) is 3.37. The topological polar surface area (TPSA) is 50.4 Å². The van der Waals surface area contributed by atoms with Gasteiger partial charge >= 0.3 is 6.03 Å². The highest BCUT2D eigenvalue weighted by atomic mass is 16.5. The zero-order valence-corrected chi connectivity index (χ0v) is 10.0. The van der Waals surface area contributed by atoms with Gasteiger partial charge in [0.05, 0.1) is 7.11 Å². The molecule has 17 heavy (non-hydrogen) atoms. The number of nitrogens with one attached hydrogen (secondary N) is 2. The van der Waals surface area contributed by atoms with Crippen molar-refractivity contribution in [2.24, 2.45) is 0 Å². The van der Waals surface area contributed by atoms with E-state index in [0.29, 0.717) is 6.04 Å². The summed E-state index contributed by atoms with van der Waals surface area (Å²) in [6.45, 7) is 0. The van der Waals surface area contributed by atoms with Crippen molar-refractivity contribution < 1.29 is 9.53 Å². The molecule has 0 spiro atoms. The van der Waals surface area contributed by atoms with Gasteiger partial charge in [0.25, 0.3) is 0 Å². The number of hydrogen-bond acceptors (Lipinski definition) is 2. The lowest BCUT2D eigenvalue weighted by Crippen LogP contribution is -2.36. The van der Waals surface area contributed by atoms with Crippen molar-refractivity contribution in [3.05, 3.63) is 24.3 Å². The van der Waals surface area contributed by atoms with Gasteiger partial charge in [0, 0.05) is 11.7 Å². The highest BCUT2D eigenvalue weighted by molar-refractivity contribution is 5.89. The number of anilines is 1. The number of urea groups is 1. The highest BCUT2D eigenvalue weighted by Gasteiger charge is 2.16. The normalized spacial score (nSPS) is 15.6. The van der Waals surface area contributed by atoms with E-state index in [4.69, 9.17) is 4.74 Å². The van der Waals surface area contributed by atoms with E-state index < -0.39 is 0 Å². The van der Waals surface area contributed by atoms with Gasteiger partial charge in [0.1, 0.15) is 5.75 Å². The molecule has 92 valence electrons. The van der Waals surface area contributed by atoms with E-state index in [9.17, 15) is 4.79 Å². The number of methoxy groups -OCH3 is 1. The number of ether oxygens (including phenoxy) is 1. The number of hydrogen-bond donors (Lipinski definition) is 2. The van der Waals surface area contributed by atoms with Crippen molar-refractivity contribution >= 4 is 11.7 Å². The van der Waals surface area contributed by atoms with E-state index in [-0.39, 0.29) is 6.03 Å². The molecule has 4 nitrogen and oxygen atoms in total. The molecule has 0 atom stereocenters. The van der Waals surface area contributed by atoms with E-state index in [1.807, 2.05) is 24.3 Å². The SMILES string of the molecule is COc1ccc(NC(=O)NC2CCCC2)cc1. The van der Waals surface area contributed by atoms with Gasteiger partial charge in [-0.3, -0.25) is 0 Å². The first kappa shape index (κ1) is 11.8. The average Bonchev–Trinajstić information content (AvgIpc) is 2.82. The largest absolute Gasteiger partial charge is 0.497 e. The standard InChI is InChI=1S/C13H18N2O2/c1-17-12-8-6-11(7-9-12)15-13(16)14-10-4-2-3-5-10/h6-10H,2-5H2,1H3,(H2,14,15,16). The van der Waals surface area contributed by atoms with Crippen molar-refractivity contribution in [3.8, 4) is 5.75 Å². The lowest BCUT2D eigenvalue weighted by Gasteiger charge is -2.13. The van der Waals surface area contributed by atoms with E-state index in [2.05, 4.69) is 10.6 Å². The Kier molecular flexibility index (Phi) is 3.85. The maximum absolute atomic E-state index is 11.7. The van der Waals surface area contributed by atoms with Crippen LogP contribution in [-0.4, -0.2) is 19.2 Å². The van der Waals surface area contributed by atoms with Crippen LogP contribution in [0.3, 0.4) is 0 Å². The third-order valence-electron chi connectivity index (χ3n) is 3.04. The lowest BCUT2D eigenvalue weighted by atomic mass is 10.2. The van der Waals surface area contributed by atoms with E-state index in [1.165, 1.54) is 12.8 Å². The second-order valence-electron chi connectivity index (χ2n) is 4.31. The first-order valence-electron chi connectivity index (χ1n) is 5.99. The van der Waals surface area contributed by atoms with Crippen LogP contribution in [-0.2, 0) is 0 Å². The Labute approximate surface area is 101 Å². The molecule has 0 heterocycles. The fraction of sp³-hybridized carbons (Fsp3) is 0.462. The second-order valence-corrected chi connectivity index (χ2v) is 4.31. The summed E-state index contributed by atoms with van der Waals surface area (Å²) in [5.74, 6) is 0.784. The van der Waals surface area contributed by atoms with Crippen LogP contribution in [0, 0.1) is 0 Å². The zero-order valence-electron chi connectivity index (χ0n) is 10.0. The Hall–Kier alpha value is -1.71. The lowest BCUT2D eigenvalue weighted by molar-refractivity contribution is 0.248. The molecule has 1 saturated carbocycles. The molecule has 0 unspecified atom stereocenters. The van der Waals surface area contributed by atoms with Crippen LogP contribution in [0.2, 0.25) is 0 Å². The summed E-state index contributed by atoms with van der Waals surface area (Å²) in [5, 5.41) is 5.79. The molecule has 0 bridgehead atoms. The molecular formula is C13H18N2O2. The van der Waals surface area contributed by atoms with Crippen LogP contribution < -0.4 is 15.4 Å². The average molecular weight is 234 g/mol. The molecule has 0 radical (unpaired) electrons. The van der Waals surface area contributed by atoms with Crippen molar-refractivity contribution in [1.29, 1.82) is 0 Å². The number of amides is 2. The van der Waals surface area contributed by atoms with Gasteiger partial charge in [0.15, 0.2) is 0 Å². The molecule has 2 amide bonds. The number of rotatable bonds is 3. The zero-order chi connectivity index (χ0) is 12.1. The van der Waals surface area contributed by atoms with Gasteiger partial charge in [-0.2, -0.15) is 0 Å². The van der Waals surface area contributed by atoms with Crippen LogP contribution in [0.25, 0.3) is 0 Å². The van der Waals surface area contributed by atoms with E-state index in [1.54, 1.807) is 7.11 Å². The predicted octanol–water partition coefficient (Wildman–Crippen LogP) is 2.76. The summed E-state index contributed by atoms with van der Waals surface area (Å²) in [4.78, 5) is 11.7. The second kappa shape index (κ2) is 5.57. The minimum absolute atomic E-state index is 0.123. The van der Waals surface area contributed by atoms with Crippen molar-refractivity contribution in [2.75, 3.05) is 12.4 Å². The van der Waals surface area contributed by atoms with E-state index in [0.717, 1.165) is 24.3 Å². The first-order valence-corrected chi connectivity index (χ1v) is 5.99.